The van der Waals surface area contributed by atoms with Crippen molar-refractivity contribution in [2.75, 3.05) is 0 Å². The zero-order chi connectivity index (χ0) is 14.8. The van der Waals surface area contributed by atoms with Crippen molar-refractivity contribution in [3.63, 3.8) is 0 Å². The summed E-state index contributed by atoms with van der Waals surface area (Å²) in [5.74, 6) is 0.334. The molecule has 1 N–H and O–H groups in total. The van der Waals surface area contributed by atoms with Crippen LogP contribution in [0.2, 0.25) is 5.02 Å². The topological polar surface area (TPSA) is 45.8 Å². The Morgan fingerprint density at radius 1 is 1.14 bits per heavy atom. The van der Waals surface area contributed by atoms with Crippen LogP contribution in [0.4, 0.5) is 0 Å². The number of hydrogen-bond donors (Lipinski definition) is 1. The number of nitrogens with one attached hydrogen (secondary N) is 1. The molecule has 0 saturated heterocycles. The lowest BCUT2D eigenvalue weighted by Crippen LogP contribution is -2.10. The van der Waals surface area contributed by atoms with Crippen molar-refractivity contribution in [2.24, 2.45) is 0 Å². The van der Waals surface area contributed by atoms with Gasteiger partial charge in [0, 0.05) is 5.02 Å². The highest BCUT2D eigenvalue weighted by molar-refractivity contribution is 6.50. The minimum atomic E-state index is -0.215. The van der Waals surface area contributed by atoms with E-state index < -0.39 is 0 Å². The Kier molecular flexibility index (Phi) is 3.78. The maximum Gasteiger partial charge on any atom is 0.259 e. The molecular weight excluding hydrogens is 307 g/mol. The van der Waals surface area contributed by atoms with Crippen LogP contribution in [-0.2, 0) is 0 Å². The number of aromatic nitrogens is 2. The van der Waals surface area contributed by atoms with Gasteiger partial charge in [0.25, 0.3) is 5.56 Å². The molecule has 0 atom stereocenters. The summed E-state index contributed by atoms with van der Waals surface area (Å²) in [7, 11) is 0. The average Bonchev–Trinajstić information content (AvgIpc) is 2.47. The van der Waals surface area contributed by atoms with Gasteiger partial charge in [-0.3, -0.25) is 4.79 Å². The van der Waals surface area contributed by atoms with Crippen molar-refractivity contribution in [3.8, 4) is 0 Å². The van der Waals surface area contributed by atoms with Crippen molar-refractivity contribution in [1.82, 2.24) is 9.97 Å². The monoisotopic (exact) mass is 316 g/mol. The lowest BCUT2D eigenvalue weighted by molar-refractivity contribution is 1.14. The van der Waals surface area contributed by atoms with E-state index in [1.165, 1.54) is 0 Å². The Morgan fingerprint density at radius 3 is 2.76 bits per heavy atom. The predicted molar refractivity (Wildman–Crippen MR) is 87.5 cm³/mol. The van der Waals surface area contributed by atoms with E-state index in [0.29, 0.717) is 26.8 Å². The molecule has 2 aromatic carbocycles. The first-order valence-electron chi connectivity index (χ1n) is 6.26. The van der Waals surface area contributed by atoms with Gasteiger partial charge < -0.3 is 4.98 Å². The van der Waals surface area contributed by atoms with E-state index in [2.05, 4.69) is 9.97 Å². The van der Waals surface area contributed by atoms with Gasteiger partial charge in [0.2, 0.25) is 0 Å². The summed E-state index contributed by atoms with van der Waals surface area (Å²) in [6, 6.07) is 14.4. The lowest BCUT2D eigenvalue weighted by Gasteiger charge is -2.02. The zero-order valence-electron chi connectivity index (χ0n) is 10.8. The van der Waals surface area contributed by atoms with E-state index in [0.717, 1.165) is 5.56 Å². The van der Waals surface area contributed by atoms with Gasteiger partial charge in [-0.25, -0.2) is 4.98 Å². The minimum Gasteiger partial charge on any atom is -0.305 e. The highest BCUT2D eigenvalue weighted by atomic mass is 35.5. The molecule has 104 valence electrons. The van der Waals surface area contributed by atoms with Crippen LogP contribution in [0.3, 0.4) is 0 Å². The van der Waals surface area contributed by atoms with Crippen molar-refractivity contribution in [1.29, 1.82) is 0 Å². The molecule has 0 radical (unpaired) electrons. The largest absolute Gasteiger partial charge is 0.305 e. The third kappa shape index (κ3) is 2.99. The normalized spacial score (nSPS) is 11.8. The van der Waals surface area contributed by atoms with Gasteiger partial charge in [-0.05, 0) is 35.9 Å². The quantitative estimate of drug-likeness (QED) is 0.765. The van der Waals surface area contributed by atoms with Gasteiger partial charge in [0.1, 0.15) is 0 Å². The number of para-hydroxylation sites is 1. The molecule has 0 aliphatic heterocycles. The summed E-state index contributed by atoms with van der Waals surface area (Å²) >= 11 is 12.2. The maximum atomic E-state index is 12.0. The molecule has 3 aromatic rings. The third-order valence-electron chi connectivity index (χ3n) is 2.98. The fourth-order valence-electron chi connectivity index (χ4n) is 2.01. The second kappa shape index (κ2) is 5.72. The van der Waals surface area contributed by atoms with Gasteiger partial charge in [-0.15, -0.1) is 0 Å². The molecule has 0 bridgehead atoms. The number of fused-ring (bicyclic) bond motifs is 1. The summed E-state index contributed by atoms with van der Waals surface area (Å²) in [5, 5.41) is 1.50. The van der Waals surface area contributed by atoms with Gasteiger partial charge in [-0.2, -0.15) is 0 Å². The van der Waals surface area contributed by atoms with Gasteiger partial charge >= 0.3 is 0 Å². The summed E-state index contributed by atoms with van der Waals surface area (Å²) < 4.78 is 0. The fraction of sp³-hybridized carbons (Fsp3) is 0. The van der Waals surface area contributed by atoms with Crippen LogP contribution >= 0.6 is 23.2 Å². The summed E-state index contributed by atoms with van der Waals surface area (Å²) in [6.45, 7) is 0. The van der Waals surface area contributed by atoms with Crippen molar-refractivity contribution >= 4 is 45.2 Å². The number of aromatic amines is 1. The van der Waals surface area contributed by atoms with Gasteiger partial charge in [0.05, 0.1) is 15.9 Å². The maximum absolute atomic E-state index is 12.0. The molecule has 0 fully saturated rings. The number of rotatable bonds is 2. The number of H-pyrrole nitrogens is 1. The molecular formula is C16H10Cl2N2O. The molecule has 1 aromatic heterocycles. The smallest absolute Gasteiger partial charge is 0.259 e. The van der Waals surface area contributed by atoms with E-state index >= 15 is 0 Å². The first-order valence-corrected chi connectivity index (χ1v) is 7.01. The number of hydrogen-bond acceptors (Lipinski definition) is 2. The Labute approximate surface area is 130 Å². The van der Waals surface area contributed by atoms with E-state index in [4.69, 9.17) is 23.2 Å². The van der Waals surface area contributed by atoms with Crippen LogP contribution < -0.4 is 5.56 Å². The minimum absolute atomic E-state index is 0.215. The highest BCUT2D eigenvalue weighted by Crippen LogP contribution is 2.21. The highest BCUT2D eigenvalue weighted by Gasteiger charge is 2.06. The van der Waals surface area contributed by atoms with E-state index in [1.807, 2.05) is 18.2 Å². The second-order valence-electron chi connectivity index (χ2n) is 4.48. The molecule has 1 heterocycles. The second-order valence-corrected chi connectivity index (χ2v) is 5.32. The molecule has 0 amide bonds. The molecule has 0 spiro atoms. The third-order valence-corrected chi connectivity index (χ3v) is 3.50. The molecule has 0 aliphatic rings. The summed E-state index contributed by atoms with van der Waals surface area (Å²) in [4.78, 5) is 19.1. The summed E-state index contributed by atoms with van der Waals surface area (Å²) in [5.41, 5.74) is 1.23. The van der Waals surface area contributed by atoms with Crippen LogP contribution in [0.15, 0.2) is 53.3 Å². The predicted octanol–water partition coefficient (Wildman–Crippen LogP) is 4.31. The van der Waals surface area contributed by atoms with Gasteiger partial charge in [-0.1, -0.05) is 47.5 Å². The molecule has 0 aliphatic carbocycles. The number of benzene rings is 2. The Hall–Kier alpha value is -2.10. The first kappa shape index (κ1) is 13.9. The Bertz CT molecular complexity index is 900. The molecule has 21 heavy (non-hydrogen) atoms. The van der Waals surface area contributed by atoms with Crippen LogP contribution in [0.1, 0.15) is 11.4 Å². The SMILES string of the molecule is O=c1[nH]c(/C(Cl)=C/c2cccc(Cl)c2)nc2ccccc12. The molecule has 0 unspecified atom stereocenters. The Morgan fingerprint density at radius 2 is 1.95 bits per heavy atom. The van der Waals surface area contributed by atoms with Crippen LogP contribution in [0, 0.1) is 0 Å². The van der Waals surface area contributed by atoms with Crippen molar-refractivity contribution < 1.29 is 0 Å². The first-order chi connectivity index (χ1) is 10.1. The number of halogens is 2. The molecule has 5 heteroatoms. The van der Waals surface area contributed by atoms with Gasteiger partial charge in [0.15, 0.2) is 5.82 Å². The zero-order valence-corrected chi connectivity index (χ0v) is 12.3. The van der Waals surface area contributed by atoms with E-state index in [-0.39, 0.29) is 5.56 Å². The van der Waals surface area contributed by atoms with Crippen LogP contribution in [0.25, 0.3) is 22.0 Å². The van der Waals surface area contributed by atoms with E-state index in [1.54, 1.807) is 36.4 Å². The lowest BCUT2D eigenvalue weighted by atomic mass is 10.2. The van der Waals surface area contributed by atoms with Crippen LogP contribution in [0.5, 0.6) is 0 Å². The number of nitrogens with zero attached hydrogens (tertiary/aromatic N) is 1. The molecule has 0 saturated carbocycles. The van der Waals surface area contributed by atoms with E-state index in [9.17, 15) is 4.79 Å². The molecule has 3 nitrogen and oxygen atoms in total. The standard InChI is InChI=1S/C16H10Cl2N2O/c17-11-5-3-4-10(8-11)9-13(18)15-19-14-7-2-1-6-12(14)16(21)20-15/h1-9H,(H,19,20,21)/b13-9-. The summed E-state index contributed by atoms with van der Waals surface area (Å²) in [6.07, 6.45) is 1.71. The Balaban J connectivity index is 2.09. The fourth-order valence-corrected chi connectivity index (χ4v) is 2.42. The average molecular weight is 317 g/mol. The molecule has 3 rings (SSSR count). The van der Waals surface area contributed by atoms with Crippen molar-refractivity contribution in [2.45, 2.75) is 0 Å². The van der Waals surface area contributed by atoms with Crippen LogP contribution in [-0.4, -0.2) is 9.97 Å². The van der Waals surface area contributed by atoms with Crippen molar-refractivity contribution in [3.05, 3.63) is 75.3 Å².